The first-order chi connectivity index (χ1) is 12.2. The number of nitrogens with zero attached hydrogens (tertiary/aromatic N) is 2. The minimum Gasteiger partial charge on any atom is -0.350 e. The summed E-state index contributed by atoms with van der Waals surface area (Å²) >= 11 is 6.16. The Labute approximate surface area is 152 Å². The summed E-state index contributed by atoms with van der Waals surface area (Å²) in [5.74, 6) is -0.192. The molecule has 0 radical (unpaired) electrons. The second-order valence-corrected chi connectivity index (χ2v) is 6.97. The van der Waals surface area contributed by atoms with Gasteiger partial charge in [-0.1, -0.05) is 35.9 Å². The van der Waals surface area contributed by atoms with Gasteiger partial charge < -0.3 is 4.57 Å². The third kappa shape index (κ3) is 3.48. The van der Waals surface area contributed by atoms with Crippen molar-refractivity contribution in [2.75, 3.05) is 6.54 Å². The maximum atomic E-state index is 13.9. The molecule has 4 rings (SSSR count). The van der Waals surface area contributed by atoms with E-state index in [1.807, 2.05) is 24.3 Å². The monoisotopic (exact) mass is 354 g/mol. The standard InChI is InChI=1S/C21H20ClFN2/c22-18-7-1-5-16(13-18)15-25-12-4-11-24-10-3-9-20(24)21(25)17-6-2-8-19(23)14-17/h1-3,5-10,13-14,21H,4,11-12,15H2. The van der Waals surface area contributed by atoms with E-state index in [0.29, 0.717) is 0 Å². The predicted octanol–water partition coefficient (Wildman–Crippen LogP) is 5.28. The lowest BCUT2D eigenvalue weighted by molar-refractivity contribution is 0.220. The number of fused-ring (bicyclic) bond motifs is 1. The molecule has 4 heteroatoms. The van der Waals surface area contributed by atoms with Crippen LogP contribution in [0.1, 0.15) is 29.3 Å². The van der Waals surface area contributed by atoms with Gasteiger partial charge in [0.1, 0.15) is 5.82 Å². The van der Waals surface area contributed by atoms with Crippen molar-refractivity contribution in [3.05, 3.63) is 94.5 Å². The van der Waals surface area contributed by atoms with Crippen molar-refractivity contribution < 1.29 is 4.39 Å². The van der Waals surface area contributed by atoms with Gasteiger partial charge in [0.2, 0.25) is 0 Å². The van der Waals surface area contributed by atoms with Crippen molar-refractivity contribution in [2.24, 2.45) is 0 Å². The maximum absolute atomic E-state index is 13.9. The Bertz CT molecular complexity index is 874. The van der Waals surface area contributed by atoms with Gasteiger partial charge in [0.15, 0.2) is 0 Å². The molecule has 0 amide bonds. The molecule has 0 spiro atoms. The van der Waals surface area contributed by atoms with Gasteiger partial charge in [0, 0.05) is 36.5 Å². The lowest BCUT2D eigenvalue weighted by atomic mass is 10.0. The summed E-state index contributed by atoms with van der Waals surface area (Å²) in [4.78, 5) is 2.42. The van der Waals surface area contributed by atoms with Gasteiger partial charge in [0.05, 0.1) is 6.04 Å². The second-order valence-electron chi connectivity index (χ2n) is 6.54. The Balaban J connectivity index is 1.75. The molecule has 2 aromatic carbocycles. The number of halogens is 2. The Kier molecular flexibility index (Phi) is 4.60. The molecule has 1 unspecified atom stereocenters. The summed E-state index contributed by atoms with van der Waals surface area (Å²) in [6.07, 6.45) is 3.18. The van der Waals surface area contributed by atoms with Crippen LogP contribution in [0, 0.1) is 5.82 Å². The van der Waals surface area contributed by atoms with Gasteiger partial charge in [-0.2, -0.15) is 0 Å². The van der Waals surface area contributed by atoms with Gasteiger partial charge >= 0.3 is 0 Å². The molecule has 0 aliphatic carbocycles. The van der Waals surface area contributed by atoms with E-state index in [2.05, 4.69) is 33.9 Å². The topological polar surface area (TPSA) is 8.17 Å². The minimum absolute atomic E-state index is 0.0344. The predicted molar refractivity (Wildman–Crippen MR) is 99.2 cm³/mol. The first kappa shape index (κ1) is 16.4. The SMILES string of the molecule is Fc1cccc(C2c3cccn3CCCN2Cc2cccc(Cl)c2)c1. The number of rotatable bonds is 3. The van der Waals surface area contributed by atoms with Gasteiger partial charge in [-0.05, 0) is 53.9 Å². The molecule has 0 saturated carbocycles. The zero-order valence-corrected chi connectivity index (χ0v) is 14.7. The van der Waals surface area contributed by atoms with Crippen molar-refractivity contribution in [3.8, 4) is 0 Å². The number of aromatic nitrogens is 1. The van der Waals surface area contributed by atoms with Crippen molar-refractivity contribution >= 4 is 11.6 Å². The lowest BCUT2D eigenvalue weighted by Gasteiger charge is -2.30. The Morgan fingerprint density at radius 1 is 1.00 bits per heavy atom. The van der Waals surface area contributed by atoms with Crippen molar-refractivity contribution in [1.29, 1.82) is 0 Å². The van der Waals surface area contributed by atoms with Gasteiger partial charge in [-0.3, -0.25) is 4.90 Å². The quantitative estimate of drug-likeness (QED) is 0.621. The van der Waals surface area contributed by atoms with E-state index in [-0.39, 0.29) is 11.9 Å². The van der Waals surface area contributed by atoms with E-state index in [1.54, 1.807) is 12.1 Å². The number of benzene rings is 2. The summed E-state index contributed by atoms with van der Waals surface area (Å²) in [7, 11) is 0. The highest BCUT2D eigenvalue weighted by Gasteiger charge is 2.27. The highest BCUT2D eigenvalue weighted by atomic mass is 35.5. The summed E-state index contributed by atoms with van der Waals surface area (Å²) in [5.41, 5.74) is 3.38. The summed E-state index contributed by atoms with van der Waals surface area (Å²) in [6, 6.07) is 19.2. The molecule has 1 atom stereocenters. The highest BCUT2D eigenvalue weighted by molar-refractivity contribution is 6.30. The molecule has 2 nitrogen and oxygen atoms in total. The molecule has 1 aliphatic rings. The number of hydrogen-bond acceptors (Lipinski definition) is 1. The first-order valence-corrected chi connectivity index (χ1v) is 8.97. The third-order valence-corrected chi connectivity index (χ3v) is 5.03. The number of hydrogen-bond donors (Lipinski definition) is 0. The summed E-state index contributed by atoms with van der Waals surface area (Å²) in [6.45, 7) is 2.72. The van der Waals surface area contributed by atoms with Gasteiger partial charge in [-0.15, -0.1) is 0 Å². The van der Waals surface area contributed by atoms with E-state index >= 15 is 0 Å². The smallest absolute Gasteiger partial charge is 0.123 e. The van der Waals surface area contributed by atoms with Crippen LogP contribution in [0.4, 0.5) is 4.39 Å². The normalized spacial score (nSPS) is 17.9. The molecular weight excluding hydrogens is 335 g/mol. The van der Waals surface area contributed by atoms with Gasteiger partial charge in [0.25, 0.3) is 0 Å². The molecule has 1 aliphatic heterocycles. The summed E-state index contributed by atoms with van der Waals surface area (Å²) in [5, 5.41) is 0.748. The molecule has 0 N–H and O–H groups in total. The average molecular weight is 355 g/mol. The second kappa shape index (κ2) is 7.03. The van der Waals surface area contributed by atoms with Crippen LogP contribution < -0.4 is 0 Å². The molecule has 25 heavy (non-hydrogen) atoms. The van der Waals surface area contributed by atoms with E-state index in [1.165, 1.54) is 17.3 Å². The van der Waals surface area contributed by atoms with Crippen LogP contribution in [0.15, 0.2) is 66.9 Å². The first-order valence-electron chi connectivity index (χ1n) is 8.60. The highest BCUT2D eigenvalue weighted by Crippen LogP contribution is 2.33. The largest absolute Gasteiger partial charge is 0.350 e. The van der Waals surface area contributed by atoms with Crippen LogP contribution in [0.2, 0.25) is 5.02 Å². The maximum Gasteiger partial charge on any atom is 0.123 e. The molecule has 128 valence electrons. The van der Waals surface area contributed by atoms with Crippen molar-refractivity contribution in [3.63, 3.8) is 0 Å². The fourth-order valence-corrected chi connectivity index (χ4v) is 3.95. The van der Waals surface area contributed by atoms with Crippen LogP contribution in [0.3, 0.4) is 0 Å². The summed E-state index contributed by atoms with van der Waals surface area (Å²) < 4.78 is 16.2. The van der Waals surface area contributed by atoms with E-state index < -0.39 is 0 Å². The minimum atomic E-state index is -0.192. The van der Waals surface area contributed by atoms with Crippen LogP contribution in [0.5, 0.6) is 0 Å². The molecule has 0 fully saturated rings. The fourth-order valence-electron chi connectivity index (χ4n) is 3.74. The van der Waals surface area contributed by atoms with E-state index in [9.17, 15) is 4.39 Å². The Hall–Kier alpha value is -2.10. The fraction of sp³-hybridized carbons (Fsp3) is 0.238. The zero-order chi connectivity index (χ0) is 17.2. The van der Waals surface area contributed by atoms with Crippen LogP contribution in [-0.2, 0) is 13.1 Å². The van der Waals surface area contributed by atoms with Crippen LogP contribution in [-0.4, -0.2) is 16.0 Å². The van der Waals surface area contributed by atoms with E-state index in [0.717, 1.165) is 36.6 Å². The molecule has 2 heterocycles. The number of aryl methyl sites for hydroxylation is 1. The molecule has 0 saturated heterocycles. The van der Waals surface area contributed by atoms with E-state index in [4.69, 9.17) is 11.6 Å². The molecule has 3 aromatic rings. The Morgan fingerprint density at radius 2 is 1.88 bits per heavy atom. The zero-order valence-electron chi connectivity index (χ0n) is 13.9. The Morgan fingerprint density at radius 3 is 2.72 bits per heavy atom. The van der Waals surface area contributed by atoms with Crippen LogP contribution in [0.25, 0.3) is 0 Å². The lowest BCUT2D eigenvalue weighted by Crippen LogP contribution is -2.29. The van der Waals surface area contributed by atoms with Crippen molar-refractivity contribution in [1.82, 2.24) is 9.47 Å². The van der Waals surface area contributed by atoms with Gasteiger partial charge in [-0.25, -0.2) is 4.39 Å². The van der Waals surface area contributed by atoms with Crippen LogP contribution >= 0.6 is 11.6 Å². The molecule has 0 bridgehead atoms. The molecule has 1 aromatic heterocycles. The van der Waals surface area contributed by atoms with Crippen molar-refractivity contribution in [2.45, 2.75) is 25.6 Å². The third-order valence-electron chi connectivity index (χ3n) is 4.79. The molecular formula is C21H20ClFN2. The average Bonchev–Trinajstić information content (AvgIpc) is 2.96.